The number of rotatable bonds is 14. The third kappa shape index (κ3) is 7.95. The Bertz CT molecular complexity index is 1870. The Labute approximate surface area is 293 Å². The summed E-state index contributed by atoms with van der Waals surface area (Å²) < 4.78 is 31.7. The highest BCUT2D eigenvalue weighted by Gasteiger charge is 2.38. The molecular formula is C38H54FN5O3Si2. The fourth-order valence-corrected chi connectivity index (χ4v) is 8.12. The molecule has 1 aliphatic carbocycles. The van der Waals surface area contributed by atoms with Crippen molar-refractivity contribution in [3.8, 4) is 22.6 Å². The van der Waals surface area contributed by atoms with Crippen molar-refractivity contribution in [1.82, 2.24) is 24.2 Å². The lowest BCUT2D eigenvalue weighted by Gasteiger charge is -2.18. The molecule has 2 aromatic carbocycles. The first-order valence-electron chi connectivity index (χ1n) is 18.0. The first-order valence-corrected chi connectivity index (χ1v) is 25.4. The first kappa shape index (κ1) is 35.7. The average Bonchev–Trinajstić information content (AvgIpc) is 3.57. The van der Waals surface area contributed by atoms with Crippen LogP contribution in [0.4, 0.5) is 4.39 Å². The molecule has 1 fully saturated rings. The van der Waals surface area contributed by atoms with E-state index in [1.807, 2.05) is 22.6 Å². The van der Waals surface area contributed by atoms with E-state index in [1.165, 1.54) is 0 Å². The smallest absolute Gasteiger partial charge is 0.226 e. The number of imidazole rings is 1. The third-order valence-corrected chi connectivity index (χ3v) is 13.2. The molecule has 1 saturated carbocycles. The minimum atomic E-state index is -1.28. The number of hydrogen-bond donors (Lipinski definition) is 0. The lowest BCUT2D eigenvalue weighted by molar-refractivity contribution is -0.133. The van der Waals surface area contributed by atoms with Gasteiger partial charge in [-0.2, -0.15) is 5.10 Å². The van der Waals surface area contributed by atoms with Crippen LogP contribution in [0.3, 0.4) is 0 Å². The summed E-state index contributed by atoms with van der Waals surface area (Å²) in [5, 5.41) is 6.21. The van der Waals surface area contributed by atoms with E-state index >= 15 is 0 Å². The van der Waals surface area contributed by atoms with E-state index in [2.05, 4.69) is 69.8 Å². The second-order valence-corrected chi connectivity index (χ2v) is 27.8. The zero-order valence-electron chi connectivity index (χ0n) is 31.0. The van der Waals surface area contributed by atoms with Crippen LogP contribution in [0, 0.1) is 25.6 Å². The second-order valence-electron chi connectivity index (χ2n) is 16.6. The maximum absolute atomic E-state index is 15.0. The molecule has 0 N–H and O–H groups in total. The molecule has 0 radical (unpaired) electrons. The molecule has 3 heterocycles. The van der Waals surface area contributed by atoms with Gasteiger partial charge in [0, 0.05) is 40.7 Å². The molecule has 2 aliphatic rings. The molecule has 0 bridgehead atoms. The van der Waals surface area contributed by atoms with Gasteiger partial charge >= 0.3 is 0 Å². The molecule has 1 aliphatic heterocycles. The summed E-state index contributed by atoms with van der Waals surface area (Å²) in [6.07, 6.45) is 2.77. The minimum Gasteiger partial charge on any atom is -0.361 e. The van der Waals surface area contributed by atoms with Gasteiger partial charge < -0.3 is 18.9 Å². The molecule has 2 aromatic heterocycles. The van der Waals surface area contributed by atoms with Gasteiger partial charge in [0.25, 0.3) is 0 Å². The highest BCUT2D eigenvalue weighted by molar-refractivity contribution is 6.76. The Morgan fingerprint density at radius 1 is 0.918 bits per heavy atom. The number of amides is 1. The summed E-state index contributed by atoms with van der Waals surface area (Å²) in [6.45, 7) is 23.2. The van der Waals surface area contributed by atoms with Gasteiger partial charge in [-0.1, -0.05) is 58.3 Å². The molecular weight excluding hydrogens is 650 g/mol. The number of carbonyl (C=O) groups excluding carboxylic acids is 1. The van der Waals surface area contributed by atoms with Crippen molar-refractivity contribution in [2.45, 2.75) is 118 Å². The van der Waals surface area contributed by atoms with Gasteiger partial charge in [-0.3, -0.25) is 4.79 Å². The van der Waals surface area contributed by atoms with Crippen LogP contribution in [0.1, 0.15) is 47.8 Å². The molecule has 0 atom stereocenters. The van der Waals surface area contributed by atoms with Crippen molar-refractivity contribution in [1.29, 1.82) is 0 Å². The normalized spacial score (nSPS) is 15.1. The molecule has 4 aromatic rings. The molecule has 0 saturated heterocycles. The summed E-state index contributed by atoms with van der Waals surface area (Å²) in [6, 6.07) is 10.0. The maximum atomic E-state index is 15.0. The molecule has 0 unspecified atom stereocenters. The molecule has 8 nitrogen and oxygen atoms in total. The molecule has 1 amide bonds. The first-order chi connectivity index (χ1) is 23.1. The minimum absolute atomic E-state index is 0.164. The van der Waals surface area contributed by atoms with Crippen LogP contribution in [0.15, 0.2) is 24.3 Å². The highest BCUT2D eigenvalue weighted by Crippen LogP contribution is 2.39. The molecule has 0 spiro atoms. The van der Waals surface area contributed by atoms with E-state index < -0.39 is 16.1 Å². The van der Waals surface area contributed by atoms with Crippen LogP contribution >= 0.6 is 0 Å². The lowest BCUT2D eigenvalue weighted by atomic mass is 9.93. The number of ether oxygens (including phenoxy) is 2. The monoisotopic (exact) mass is 703 g/mol. The van der Waals surface area contributed by atoms with E-state index in [9.17, 15) is 9.18 Å². The molecule has 6 rings (SSSR count). The van der Waals surface area contributed by atoms with Crippen LogP contribution in [-0.2, 0) is 47.2 Å². The standard InChI is InChI=1S/C38H54FN5O3Si2/c1-10-27-17-25(2)31(39)20-30(27)29-18-26(3)35-33(19-29)44(24-47-14-16-49(7,8)9)41-36(35)37-40-32-21-42(38(45)28-11-12-28)22-34(32)43(37)23-46-13-15-48(4,5)6/h17-20,28H,10-16,21-24H2,1-9H3. The van der Waals surface area contributed by atoms with Crippen molar-refractivity contribution in [3.05, 3.63) is 58.2 Å². The zero-order valence-corrected chi connectivity index (χ0v) is 33.0. The van der Waals surface area contributed by atoms with Gasteiger partial charge in [0.05, 0.1) is 30.0 Å². The van der Waals surface area contributed by atoms with Gasteiger partial charge in [0.1, 0.15) is 25.0 Å². The van der Waals surface area contributed by atoms with Gasteiger partial charge in [-0.15, -0.1) is 0 Å². The zero-order chi connectivity index (χ0) is 35.2. The van der Waals surface area contributed by atoms with Crippen molar-refractivity contribution in [2.24, 2.45) is 5.92 Å². The van der Waals surface area contributed by atoms with Crippen LogP contribution in [0.25, 0.3) is 33.5 Å². The maximum Gasteiger partial charge on any atom is 0.226 e. The fourth-order valence-electron chi connectivity index (χ4n) is 6.60. The number of carbonyl (C=O) groups is 1. The van der Waals surface area contributed by atoms with Crippen molar-refractivity contribution in [3.63, 3.8) is 0 Å². The van der Waals surface area contributed by atoms with Gasteiger partial charge in [-0.05, 0) is 85.1 Å². The Hall–Kier alpha value is -3.13. The number of nitrogens with zero attached hydrogens (tertiary/aromatic N) is 5. The largest absolute Gasteiger partial charge is 0.361 e. The summed E-state index contributed by atoms with van der Waals surface area (Å²) in [4.78, 5) is 20.2. The van der Waals surface area contributed by atoms with Gasteiger partial charge in [0.2, 0.25) is 5.91 Å². The van der Waals surface area contributed by atoms with E-state index in [4.69, 9.17) is 19.6 Å². The third-order valence-electron chi connectivity index (χ3n) is 9.84. The lowest BCUT2D eigenvalue weighted by Crippen LogP contribution is -2.28. The van der Waals surface area contributed by atoms with Crippen LogP contribution < -0.4 is 0 Å². The van der Waals surface area contributed by atoms with E-state index in [1.54, 1.807) is 6.07 Å². The summed E-state index contributed by atoms with van der Waals surface area (Å²) in [5.74, 6) is 0.957. The predicted molar refractivity (Wildman–Crippen MR) is 200 cm³/mol. The van der Waals surface area contributed by atoms with Crippen molar-refractivity contribution in [2.75, 3.05) is 13.2 Å². The highest BCUT2D eigenvalue weighted by atomic mass is 28.3. The topological polar surface area (TPSA) is 74.4 Å². The van der Waals surface area contributed by atoms with E-state index in [-0.39, 0.29) is 17.6 Å². The van der Waals surface area contributed by atoms with E-state index in [0.717, 1.165) is 87.4 Å². The van der Waals surface area contributed by atoms with Crippen LogP contribution in [0.5, 0.6) is 0 Å². The summed E-state index contributed by atoms with van der Waals surface area (Å²) >= 11 is 0. The fraction of sp³-hybridized carbons (Fsp3) is 0.553. The number of benzene rings is 2. The number of hydrogen-bond acceptors (Lipinski definition) is 5. The SMILES string of the molecule is CCc1cc(C)c(F)cc1-c1cc(C)c2c(-c3nc4c(n3COCC[Si](C)(C)C)CN(C(=O)C3CC3)C4)nn(COCC[Si](C)(C)C)c2c1. The quantitative estimate of drug-likeness (QED) is 0.0970. The Kier molecular flexibility index (Phi) is 10.1. The molecule has 49 heavy (non-hydrogen) atoms. The van der Waals surface area contributed by atoms with Gasteiger partial charge in [-0.25, -0.2) is 14.1 Å². The second kappa shape index (κ2) is 13.9. The summed E-state index contributed by atoms with van der Waals surface area (Å²) in [5.41, 5.74) is 8.34. The number of aromatic nitrogens is 4. The number of aryl methyl sites for hydroxylation is 3. The van der Waals surface area contributed by atoms with Crippen molar-refractivity contribution >= 4 is 33.0 Å². The number of fused-ring (bicyclic) bond motifs is 2. The van der Waals surface area contributed by atoms with Crippen molar-refractivity contribution < 1.29 is 18.7 Å². The number of halogens is 1. The van der Waals surface area contributed by atoms with E-state index in [0.29, 0.717) is 45.3 Å². The van der Waals surface area contributed by atoms with Crippen LogP contribution in [-0.4, -0.2) is 59.5 Å². The van der Waals surface area contributed by atoms with Gasteiger partial charge in [0.15, 0.2) is 5.82 Å². The molecule has 264 valence electrons. The van der Waals surface area contributed by atoms with Crippen LogP contribution in [0.2, 0.25) is 51.4 Å². The molecule has 11 heteroatoms. The summed E-state index contributed by atoms with van der Waals surface area (Å²) in [7, 11) is -2.55. The Balaban J connectivity index is 1.44. The average molecular weight is 704 g/mol. The Morgan fingerprint density at radius 3 is 2.22 bits per heavy atom. The Morgan fingerprint density at radius 2 is 1.59 bits per heavy atom. The predicted octanol–water partition coefficient (Wildman–Crippen LogP) is 8.76.